The SMILES string of the molecule is CCOC(=O)CN(CCC(=O)[O-])C(=O)OCc1ccccc1.[K+]. The Bertz CT molecular complexity index is 508. The van der Waals surface area contributed by atoms with E-state index in [1.807, 2.05) is 6.07 Å². The van der Waals surface area contributed by atoms with E-state index in [0.29, 0.717) is 0 Å². The van der Waals surface area contributed by atoms with Crippen molar-refractivity contribution < 1.29 is 80.3 Å². The maximum Gasteiger partial charge on any atom is 1.00 e. The van der Waals surface area contributed by atoms with Crippen molar-refractivity contribution in [3.8, 4) is 0 Å². The van der Waals surface area contributed by atoms with Crippen LogP contribution in [0.4, 0.5) is 4.79 Å². The molecule has 0 bridgehead atoms. The molecule has 1 amide bonds. The first kappa shape index (κ1) is 22.1. The van der Waals surface area contributed by atoms with Gasteiger partial charge in [-0.15, -0.1) is 0 Å². The predicted molar refractivity (Wildman–Crippen MR) is 74.5 cm³/mol. The number of carboxylic acids is 1. The van der Waals surface area contributed by atoms with Crippen LogP contribution in [0.15, 0.2) is 30.3 Å². The third kappa shape index (κ3) is 9.72. The number of ether oxygens (including phenoxy) is 2. The summed E-state index contributed by atoms with van der Waals surface area (Å²) in [6, 6.07) is 9.00. The molecule has 8 heteroatoms. The van der Waals surface area contributed by atoms with Gasteiger partial charge in [0.1, 0.15) is 13.2 Å². The number of carbonyl (C=O) groups is 3. The number of esters is 1. The molecule has 1 aromatic rings. The second kappa shape index (κ2) is 12.5. The number of rotatable bonds is 8. The Morgan fingerprint density at radius 3 is 2.35 bits per heavy atom. The zero-order valence-corrected chi connectivity index (χ0v) is 16.4. The maximum absolute atomic E-state index is 12.0. The van der Waals surface area contributed by atoms with E-state index in [0.717, 1.165) is 10.5 Å². The van der Waals surface area contributed by atoms with E-state index in [4.69, 9.17) is 9.47 Å². The van der Waals surface area contributed by atoms with Crippen LogP contribution in [0.5, 0.6) is 0 Å². The Balaban J connectivity index is 0.00000484. The van der Waals surface area contributed by atoms with Crippen molar-refractivity contribution in [1.82, 2.24) is 4.90 Å². The van der Waals surface area contributed by atoms with Crippen LogP contribution in [0.1, 0.15) is 18.9 Å². The van der Waals surface area contributed by atoms with Crippen molar-refractivity contribution in [2.75, 3.05) is 19.7 Å². The number of hydrogen-bond donors (Lipinski definition) is 0. The van der Waals surface area contributed by atoms with E-state index < -0.39 is 18.0 Å². The number of hydrogen-bond acceptors (Lipinski definition) is 6. The molecule has 1 aromatic carbocycles. The molecule has 7 nitrogen and oxygen atoms in total. The van der Waals surface area contributed by atoms with Crippen molar-refractivity contribution in [3.63, 3.8) is 0 Å². The van der Waals surface area contributed by atoms with Gasteiger partial charge >= 0.3 is 63.4 Å². The summed E-state index contributed by atoms with van der Waals surface area (Å²) < 4.78 is 9.81. The second-order valence-electron chi connectivity index (χ2n) is 4.39. The monoisotopic (exact) mass is 347 g/mol. The van der Waals surface area contributed by atoms with Crippen molar-refractivity contribution in [2.45, 2.75) is 20.0 Å². The van der Waals surface area contributed by atoms with E-state index >= 15 is 0 Å². The minimum atomic E-state index is -1.32. The van der Waals surface area contributed by atoms with Gasteiger partial charge in [0.2, 0.25) is 0 Å². The third-order valence-electron chi connectivity index (χ3n) is 2.67. The summed E-state index contributed by atoms with van der Waals surface area (Å²) in [5.74, 6) is -1.94. The molecule has 0 saturated carbocycles. The Labute approximate surface area is 177 Å². The molecule has 0 aliphatic heterocycles. The van der Waals surface area contributed by atoms with Gasteiger partial charge in [0.25, 0.3) is 0 Å². The fourth-order valence-corrected chi connectivity index (χ4v) is 1.63. The Morgan fingerprint density at radius 1 is 1.13 bits per heavy atom. The second-order valence-corrected chi connectivity index (χ2v) is 4.39. The number of amides is 1. The van der Waals surface area contributed by atoms with Crippen LogP contribution in [0, 0.1) is 0 Å². The van der Waals surface area contributed by atoms with Gasteiger partial charge in [-0.3, -0.25) is 9.69 Å². The van der Waals surface area contributed by atoms with Crippen LogP contribution in [0.3, 0.4) is 0 Å². The first-order valence-electron chi connectivity index (χ1n) is 6.84. The molecule has 0 fully saturated rings. The molecule has 23 heavy (non-hydrogen) atoms. The van der Waals surface area contributed by atoms with E-state index in [1.54, 1.807) is 31.2 Å². The molecule has 0 aromatic heterocycles. The van der Waals surface area contributed by atoms with Crippen LogP contribution >= 0.6 is 0 Å². The van der Waals surface area contributed by atoms with Crippen molar-refractivity contribution in [1.29, 1.82) is 0 Å². The van der Waals surface area contributed by atoms with Gasteiger partial charge in [0.05, 0.1) is 6.61 Å². The molecule has 0 N–H and O–H groups in total. The van der Waals surface area contributed by atoms with E-state index in [1.165, 1.54) is 0 Å². The van der Waals surface area contributed by atoms with Crippen LogP contribution in [-0.4, -0.2) is 42.6 Å². The molecule has 120 valence electrons. The first-order chi connectivity index (χ1) is 10.5. The molecule has 0 atom stereocenters. The van der Waals surface area contributed by atoms with Gasteiger partial charge in [-0.2, -0.15) is 0 Å². The van der Waals surface area contributed by atoms with E-state index in [9.17, 15) is 19.5 Å². The number of benzene rings is 1. The maximum atomic E-state index is 12.0. The summed E-state index contributed by atoms with van der Waals surface area (Å²) >= 11 is 0. The smallest absolute Gasteiger partial charge is 0.550 e. The molecule has 0 saturated heterocycles. The van der Waals surface area contributed by atoms with Crippen LogP contribution in [0.25, 0.3) is 0 Å². The molecular formula is C15H18KNO6. The first-order valence-corrected chi connectivity index (χ1v) is 6.84. The van der Waals surface area contributed by atoms with Crippen LogP contribution in [-0.2, 0) is 25.7 Å². The average molecular weight is 347 g/mol. The zero-order chi connectivity index (χ0) is 16.4. The van der Waals surface area contributed by atoms with Gasteiger partial charge in [0.15, 0.2) is 0 Å². The standard InChI is InChI=1S/C15H19NO6.K/c1-2-21-14(19)10-16(9-8-13(17)18)15(20)22-11-12-6-4-3-5-7-12;/h3-7H,2,8-11H2,1H3,(H,17,18);/q;+1/p-1. The van der Waals surface area contributed by atoms with Gasteiger partial charge in [0, 0.05) is 18.9 Å². The molecule has 0 radical (unpaired) electrons. The van der Waals surface area contributed by atoms with E-state index in [2.05, 4.69) is 0 Å². The van der Waals surface area contributed by atoms with Gasteiger partial charge in [-0.1, -0.05) is 30.3 Å². The minimum Gasteiger partial charge on any atom is -0.550 e. The predicted octanol–water partition coefficient (Wildman–Crippen LogP) is -2.67. The fourth-order valence-electron chi connectivity index (χ4n) is 1.63. The molecule has 0 unspecified atom stereocenters. The van der Waals surface area contributed by atoms with Gasteiger partial charge in [-0.25, -0.2) is 4.79 Å². The topological polar surface area (TPSA) is 96.0 Å². The Kier molecular flexibility index (Phi) is 12.0. The molecule has 0 aliphatic carbocycles. The van der Waals surface area contributed by atoms with Gasteiger partial charge < -0.3 is 19.4 Å². The molecule has 0 aliphatic rings. The zero-order valence-electron chi connectivity index (χ0n) is 13.3. The van der Waals surface area contributed by atoms with E-state index in [-0.39, 0.29) is 84.1 Å². The van der Waals surface area contributed by atoms with Crippen molar-refractivity contribution in [2.24, 2.45) is 0 Å². The quantitative estimate of drug-likeness (QED) is 0.376. The van der Waals surface area contributed by atoms with Crippen molar-refractivity contribution in [3.05, 3.63) is 35.9 Å². The van der Waals surface area contributed by atoms with Gasteiger partial charge in [-0.05, 0) is 12.5 Å². The largest absolute Gasteiger partial charge is 1.00 e. The van der Waals surface area contributed by atoms with Crippen molar-refractivity contribution >= 4 is 18.0 Å². The van der Waals surface area contributed by atoms with Crippen LogP contribution in [0.2, 0.25) is 0 Å². The summed E-state index contributed by atoms with van der Waals surface area (Å²) in [7, 11) is 0. The minimum absolute atomic E-state index is 0. The third-order valence-corrected chi connectivity index (χ3v) is 2.67. The Morgan fingerprint density at radius 2 is 1.78 bits per heavy atom. The number of carboxylic acid groups (broad SMARTS) is 1. The normalized spacial score (nSPS) is 9.43. The van der Waals surface area contributed by atoms with Crippen LogP contribution < -0.4 is 56.5 Å². The average Bonchev–Trinajstić information content (AvgIpc) is 2.50. The molecular weight excluding hydrogens is 329 g/mol. The summed E-state index contributed by atoms with van der Waals surface area (Å²) in [6.07, 6.45) is -1.17. The summed E-state index contributed by atoms with van der Waals surface area (Å²) in [6.45, 7) is 1.29. The number of carbonyl (C=O) groups excluding carboxylic acids is 3. The summed E-state index contributed by atoms with van der Waals surface area (Å²) in [4.78, 5) is 34.9. The fraction of sp³-hybridized carbons (Fsp3) is 0.400. The number of aliphatic carboxylic acids is 1. The molecule has 1 rings (SSSR count). The Hall–Kier alpha value is -0.934. The molecule has 0 spiro atoms. The summed E-state index contributed by atoms with van der Waals surface area (Å²) in [5.41, 5.74) is 0.784. The number of nitrogens with zero attached hydrogens (tertiary/aromatic N) is 1. The summed E-state index contributed by atoms with van der Waals surface area (Å²) in [5, 5.41) is 10.5. The molecule has 0 heterocycles.